The number of sulfone groups is 1. The summed E-state index contributed by atoms with van der Waals surface area (Å²) in [7, 11) is -3.29. The van der Waals surface area contributed by atoms with Crippen LogP contribution < -0.4 is 10.5 Å². The van der Waals surface area contributed by atoms with E-state index in [9.17, 15) is 8.42 Å². The largest absolute Gasteiger partial charge is 0.492 e. The number of para-hydroxylation sites is 1. The lowest BCUT2D eigenvalue weighted by Crippen LogP contribution is -2.10. The second-order valence-electron chi connectivity index (χ2n) is 3.42. The average molecular weight is 243 g/mol. The fraction of sp³-hybridized carbons (Fsp3) is 0.455. The number of ether oxygens (including phenoxy) is 1. The molecule has 90 valence electrons. The molecule has 0 aromatic heterocycles. The summed E-state index contributed by atoms with van der Waals surface area (Å²) in [6, 6.07) is 4.83. The van der Waals surface area contributed by atoms with Gasteiger partial charge in [0.1, 0.15) is 5.75 Å². The molecule has 0 unspecified atom stereocenters. The van der Waals surface area contributed by atoms with E-state index in [0.29, 0.717) is 18.8 Å². The van der Waals surface area contributed by atoms with Crippen molar-refractivity contribution < 1.29 is 13.2 Å². The summed E-state index contributed by atoms with van der Waals surface area (Å²) < 4.78 is 29.0. The number of benzene rings is 1. The normalized spacial score (nSPS) is 11.4. The third-order valence-electron chi connectivity index (χ3n) is 2.13. The van der Waals surface area contributed by atoms with E-state index in [1.807, 2.05) is 13.8 Å². The first kappa shape index (κ1) is 12.8. The molecule has 1 rings (SSSR count). The highest BCUT2D eigenvalue weighted by molar-refractivity contribution is 7.91. The van der Waals surface area contributed by atoms with Gasteiger partial charge in [-0.1, -0.05) is 13.0 Å². The Morgan fingerprint density at radius 2 is 2.00 bits per heavy atom. The van der Waals surface area contributed by atoms with Crippen LogP contribution in [0.3, 0.4) is 0 Å². The molecule has 0 saturated carbocycles. The fourth-order valence-electron chi connectivity index (χ4n) is 1.46. The summed E-state index contributed by atoms with van der Waals surface area (Å²) in [4.78, 5) is 0.167. The van der Waals surface area contributed by atoms with Crippen molar-refractivity contribution in [3.8, 4) is 5.75 Å². The van der Waals surface area contributed by atoms with Crippen LogP contribution in [-0.4, -0.2) is 20.8 Å². The minimum Gasteiger partial charge on any atom is -0.492 e. The molecular formula is C11H17NO3S. The fourth-order valence-corrected chi connectivity index (χ4v) is 2.93. The van der Waals surface area contributed by atoms with E-state index < -0.39 is 9.84 Å². The van der Waals surface area contributed by atoms with Crippen molar-refractivity contribution in [3.63, 3.8) is 0 Å². The molecule has 5 heteroatoms. The topological polar surface area (TPSA) is 69.4 Å². The van der Waals surface area contributed by atoms with Crippen molar-refractivity contribution >= 4 is 15.5 Å². The lowest BCUT2D eigenvalue weighted by molar-refractivity contribution is 0.341. The van der Waals surface area contributed by atoms with Gasteiger partial charge in [0.05, 0.1) is 22.9 Å². The third-order valence-corrected chi connectivity index (χ3v) is 4.11. The Balaban J connectivity index is 3.20. The van der Waals surface area contributed by atoms with E-state index in [-0.39, 0.29) is 16.3 Å². The molecule has 4 nitrogen and oxygen atoms in total. The lowest BCUT2D eigenvalue weighted by atomic mass is 10.3. The number of nitrogen functional groups attached to an aromatic ring is 1. The smallest absolute Gasteiger partial charge is 0.180 e. The van der Waals surface area contributed by atoms with Crippen molar-refractivity contribution in [2.45, 2.75) is 25.2 Å². The standard InChI is InChI=1S/C11H17NO3S/c1-3-8-16(13,14)10-7-5-6-9(11(10)12)15-4-2/h5-7H,3-4,8,12H2,1-2H3. The highest BCUT2D eigenvalue weighted by Gasteiger charge is 2.18. The average Bonchev–Trinajstić information content (AvgIpc) is 2.21. The van der Waals surface area contributed by atoms with Gasteiger partial charge in [0, 0.05) is 0 Å². The van der Waals surface area contributed by atoms with Crippen LogP contribution in [0.25, 0.3) is 0 Å². The van der Waals surface area contributed by atoms with Gasteiger partial charge in [-0.25, -0.2) is 8.42 Å². The van der Waals surface area contributed by atoms with E-state index in [0.717, 1.165) is 0 Å². The van der Waals surface area contributed by atoms with E-state index in [2.05, 4.69) is 0 Å². The summed E-state index contributed by atoms with van der Waals surface area (Å²) in [5, 5.41) is 0. The molecule has 0 aliphatic heterocycles. The number of hydrogen-bond donors (Lipinski definition) is 1. The Morgan fingerprint density at radius 3 is 2.56 bits per heavy atom. The van der Waals surface area contributed by atoms with Crippen molar-refractivity contribution in [1.29, 1.82) is 0 Å². The van der Waals surface area contributed by atoms with E-state index in [4.69, 9.17) is 10.5 Å². The van der Waals surface area contributed by atoms with Gasteiger partial charge >= 0.3 is 0 Å². The van der Waals surface area contributed by atoms with Crippen LogP contribution in [0.4, 0.5) is 5.69 Å². The summed E-state index contributed by atoms with van der Waals surface area (Å²) in [5.41, 5.74) is 5.99. The van der Waals surface area contributed by atoms with Crippen LogP contribution in [0.2, 0.25) is 0 Å². The van der Waals surface area contributed by atoms with Crippen molar-refractivity contribution in [1.82, 2.24) is 0 Å². The molecule has 1 aromatic carbocycles. The van der Waals surface area contributed by atoms with E-state index >= 15 is 0 Å². The first-order valence-corrected chi connectivity index (χ1v) is 6.92. The summed E-state index contributed by atoms with van der Waals surface area (Å²) >= 11 is 0. The van der Waals surface area contributed by atoms with E-state index in [1.165, 1.54) is 6.07 Å². The van der Waals surface area contributed by atoms with Crippen LogP contribution >= 0.6 is 0 Å². The summed E-state index contributed by atoms with van der Waals surface area (Å²) in [5.74, 6) is 0.534. The highest BCUT2D eigenvalue weighted by atomic mass is 32.2. The molecular weight excluding hydrogens is 226 g/mol. The molecule has 0 radical (unpaired) electrons. The van der Waals surface area contributed by atoms with Crippen LogP contribution in [0.1, 0.15) is 20.3 Å². The summed E-state index contributed by atoms with van der Waals surface area (Å²) in [6.45, 7) is 4.11. The molecule has 0 fully saturated rings. The molecule has 1 aromatic rings. The molecule has 0 bridgehead atoms. The van der Waals surface area contributed by atoms with Gasteiger partial charge in [-0.3, -0.25) is 0 Å². The molecule has 2 N–H and O–H groups in total. The van der Waals surface area contributed by atoms with Crippen molar-refractivity contribution in [2.75, 3.05) is 18.1 Å². The molecule has 0 atom stereocenters. The molecule has 0 saturated heterocycles. The van der Waals surface area contributed by atoms with E-state index in [1.54, 1.807) is 12.1 Å². The van der Waals surface area contributed by atoms with Crippen LogP contribution in [0.15, 0.2) is 23.1 Å². The van der Waals surface area contributed by atoms with Gasteiger partial charge in [0.15, 0.2) is 9.84 Å². The number of nitrogens with two attached hydrogens (primary N) is 1. The Bertz CT molecular complexity index is 454. The van der Waals surface area contributed by atoms with Crippen LogP contribution in [0.5, 0.6) is 5.75 Å². The minimum absolute atomic E-state index is 0.104. The molecule has 16 heavy (non-hydrogen) atoms. The third kappa shape index (κ3) is 2.66. The Kier molecular flexibility index (Phi) is 4.18. The van der Waals surface area contributed by atoms with Gasteiger partial charge in [-0.2, -0.15) is 0 Å². The molecule has 0 aliphatic carbocycles. The predicted octanol–water partition coefficient (Wildman–Crippen LogP) is 1.85. The Labute approximate surface area is 96.3 Å². The lowest BCUT2D eigenvalue weighted by Gasteiger charge is -2.11. The maximum absolute atomic E-state index is 11.9. The van der Waals surface area contributed by atoms with Gasteiger partial charge in [-0.15, -0.1) is 0 Å². The second-order valence-corrected chi connectivity index (χ2v) is 5.50. The summed E-state index contributed by atoms with van der Waals surface area (Å²) in [6.07, 6.45) is 0.570. The predicted molar refractivity (Wildman–Crippen MR) is 64.4 cm³/mol. The first-order chi connectivity index (χ1) is 7.53. The maximum atomic E-state index is 11.9. The SMILES string of the molecule is CCCS(=O)(=O)c1cccc(OCC)c1N. The maximum Gasteiger partial charge on any atom is 0.180 e. The Morgan fingerprint density at radius 1 is 1.31 bits per heavy atom. The zero-order chi connectivity index (χ0) is 12.2. The van der Waals surface area contributed by atoms with Crippen molar-refractivity contribution in [3.05, 3.63) is 18.2 Å². The zero-order valence-electron chi connectivity index (χ0n) is 9.56. The number of rotatable bonds is 5. The zero-order valence-corrected chi connectivity index (χ0v) is 10.4. The molecule has 0 heterocycles. The van der Waals surface area contributed by atoms with Crippen LogP contribution in [-0.2, 0) is 9.84 Å². The quantitative estimate of drug-likeness (QED) is 0.801. The highest BCUT2D eigenvalue weighted by Crippen LogP contribution is 2.29. The van der Waals surface area contributed by atoms with Gasteiger partial charge in [0.2, 0.25) is 0 Å². The first-order valence-electron chi connectivity index (χ1n) is 5.27. The number of hydrogen-bond acceptors (Lipinski definition) is 4. The Hall–Kier alpha value is -1.23. The second kappa shape index (κ2) is 5.21. The van der Waals surface area contributed by atoms with Gasteiger partial charge in [-0.05, 0) is 25.5 Å². The molecule has 0 aliphatic rings. The van der Waals surface area contributed by atoms with Gasteiger partial charge in [0.25, 0.3) is 0 Å². The monoisotopic (exact) mass is 243 g/mol. The van der Waals surface area contributed by atoms with Crippen molar-refractivity contribution in [2.24, 2.45) is 0 Å². The minimum atomic E-state index is -3.29. The van der Waals surface area contributed by atoms with Crippen LogP contribution in [0, 0.1) is 0 Å². The molecule has 0 amide bonds. The molecule has 0 spiro atoms. The van der Waals surface area contributed by atoms with Gasteiger partial charge < -0.3 is 10.5 Å². The number of anilines is 1.